The molecule has 1 amide bonds. The number of hydrogen-bond acceptors (Lipinski definition) is 3. The third-order valence-corrected chi connectivity index (χ3v) is 8.15. The first-order valence-electron chi connectivity index (χ1n) is 8.79. The zero-order valence-corrected chi connectivity index (χ0v) is 19.1. The van der Waals surface area contributed by atoms with Crippen LogP contribution in [0.1, 0.15) is 25.8 Å². The van der Waals surface area contributed by atoms with Gasteiger partial charge in [-0.25, -0.2) is 8.42 Å². The minimum Gasteiger partial charge on any atom is -0.334 e. The van der Waals surface area contributed by atoms with Gasteiger partial charge in [-0.3, -0.25) is 4.79 Å². The number of sulfone groups is 1. The second-order valence-corrected chi connectivity index (χ2v) is 12.1. The summed E-state index contributed by atoms with van der Waals surface area (Å²) < 4.78 is 25.1. The molecule has 0 N–H and O–H groups in total. The molecule has 1 aliphatic heterocycles. The van der Waals surface area contributed by atoms with Crippen molar-refractivity contribution in [2.45, 2.75) is 32.9 Å². The molecule has 0 radical (unpaired) electrons. The van der Waals surface area contributed by atoms with Crippen LogP contribution in [0.5, 0.6) is 0 Å². The Balaban J connectivity index is 1.88. The zero-order valence-electron chi connectivity index (χ0n) is 15.2. The first-order valence-corrected chi connectivity index (χ1v) is 12.2. The number of hydrogen-bond donors (Lipinski definition) is 0. The van der Waals surface area contributed by atoms with Crippen LogP contribution in [0, 0.1) is 17.3 Å². The van der Waals surface area contributed by atoms with Crippen LogP contribution in [-0.4, -0.2) is 36.8 Å². The molecule has 0 unspecified atom stereocenters. The molecular weight excluding hydrogens is 473 g/mol. The lowest BCUT2D eigenvalue weighted by atomic mass is 10.1. The molecule has 0 aromatic heterocycles. The Labute approximate surface area is 178 Å². The molecule has 27 heavy (non-hydrogen) atoms. The smallest absolute Gasteiger partial charge is 0.227 e. The summed E-state index contributed by atoms with van der Waals surface area (Å²) in [5.74, 6) is -0.169. The van der Waals surface area contributed by atoms with Crippen molar-refractivity contribution in [3.8, 4) is 0 Å². The van der Waals surface area contributed by atoms with E-state index in [0.717, 1.165) is 10.0 Å². The van der Waals surface area contributed by atoms with E-state index < -0.39 is 9.84 Å². The van der Waals surface area contributed by atoms with Gasteiger partial charge in [0, 0.05) is 17.1 Å². The van der Waals surface area contributed by atoms with Crippen LogP contribution in [0.2, 0.25) is 0 Å². The molecule has 0 spiro atoms. The lowest BCUT2D eigenvalue weighted by molar-refractivity contribution is -0.136. The normalized spacial score (nSPS) is 27.8. The average molecular weight is 495 g/mol. The van der Waals surface area contributed by atoms with Crippen LogP contribution in [0.3, 0.4) is 0 Å². The highest BCUT2D eigenvalue weighted by molar-refractivity contribution is 9.10. The van der Waals surface area contributed by atoms with E-state index in [1.165, 1.54) is 0 Å². The van der Waals surface area contributed by atoms with Crippen molar-refractivity contribution >= 4 is 54.9 Å². The molecule has 3 rings (SSSR count). The van der Waals surface area contributed by atoms with Gasteiger partial charge in [0.15, 0.2) is 9.84 Å². The Morgan fingerprint density at radius 3 is 2.63 bits per heavy atom. The Morgan fingerprint density at radius 2 is 2.07 bits per heavy atom. The van der Waals surface area contributed by atoms with E-state index in [4.69, 9.17) is 23.2 Å². The quantitative estimate of drug-likeness (QED) is 0.603. The molecule has 4 nitrogen and oxygen atoms in total. The standard InChI is InChI=1S/C19H22BrCl2NO3S/c1-19(2)15(9-16(21)22)17(19)18(24)23(14-6-7-27(25,26)11-14)10-12-4-3-5-13(20)8-12/h3-5,8-9,14-15,17H,6-7,10-11H2,1-2H3/t14-,15+,17-/m0/s1. The third-order valence-electron chi connectivity index (χ3n) is 5.66. The minimum atomic E-state index is -3.10. The van der Waals surface area contributed by atoms with Gasteiger partial charge in [0.05, 0.1) is 17.4 Å². The molecule has 3 atom stereocenters. The van der Waals surface area contributed by atoms with Crippen molar-refractivity contribution in [2.24, 2.45) is 17.3 Å². The summed E-state index contributed by atoms with van der Waals surface area (Å²) in [4.78, 5) is 15.1. The molecule has 2 aliphatic rings. The SMILES string of the molecule is CC1(C)[C@H](C=C(Cl)Cl)[C@H]1C(=O)N(Cc1cccc(Br)c1)[C@H]1CCS(=O)(=O)C1. The fourth-order valence-corrected chi connectivity index (χ4v) is 6.46. The van der Waals surface area contributed by atoms with Crippen LogP contribution < -0.4 is 0 Å². The van der Waals surface area contributed by atoms with Crippen LogP contribution in [0.4, 0.5) is 0 Å². The Hall–Kier alpha value is -0.560. The maximum Gasteiger partial charge on any atom is 0.227 e. The Bertz CT molecular complexity index is 881. The Kier molecular flexibility index (Phi) is 6.03. The number of halogens is 3. The molecule has 1 heterocycles. The first kappa shape index (κ1) is 21.2. The average Bonchev–Trinajstić information content (AvgIpc) is 2.88. The fourth-order valence-electron chi connectivity index (χ4n) is 4.01. The molecule has 1 saturated carbocycles. The molecule has 1 aliphatic carbocycles. The summed E-state index contributed by atoms with van der Waals surface area (Å²) in [6.07, 6.45) is 2.19. The zero-order chi connectivity index (χ0) is 20.0. The summed E-state index contributed by atoms with van der Waals surface area (Å²) in [6.45, 7) is 4.41. The van der Waals surface area contributed by atoms with Crippen molar-refractivity contribution in [2.75, 3.05) is 11.5 Å². The monoisotopic (exact) mass is 493 g/mol. The van der Waals surface area contributed by atoms with Gasteiger partial charge < -0.3 is 4.90 Å². The number of carbonyl (C=O) groups is 1. The molecule has 1 saturated heterocycles. The van der Waals surface area contributed by atoms with Crippen LogP contribution in [0.25, 0.3) is 0 Å². The van der Waals surface area contributed by atoms with E-state index in [1.807, 2.05) is 38.1 Å². The van der Waals surface area contributed by atoms with Crippen LogP contribution in [0.15, 0.2) is 39.3 Å². The van der Waals surface area contributed by atoms with Gasteiger partial charge in [-0.15, -0.1) is 0 Å². The lowest BCUT2D eigenvalue weighted by Gasteiger charge is -2.29. The fraction of sp³-hybridized carbons (Fsp3) is 0.526. The number of allylic oxidation sites excluding steroid dienone is 1. The summed E-state index contributed by atoms with van der Waals surface area (Å²) in [5, 5.41) is 0. The molecule has 148 valence electrons. The van der Waals surface area contributed by atoms with Gasteiger partial charge >= 0.3 is 0 Å². The topological polar surface area (TPSA) is 54.5 Å². The minimum absolute atomic E-state index is 0.0245. The highest BCUT2D eigenvalue weighted by atomic mass is 79.9. The van der Waals surface area contributed by atoms with E-state index in [1.54, 1.807) is 11.0 Å². The van der Waals surface area contributed by atoms with Crippen molar-refractivity contribution in [1.29, 1.82) is 0 Å². The van der Waals surface area contributed by atoms with Gasteiger partial charge in [0.1, 0.15) is 4.49 Å². The molecule has 0 bridgehead atoms. The summed E-state index contributed by atoms with van der Waals surface area (Å²) in [5.41, 5.74) is 0.710. The predicted molar refractivity (Wildman–Crippen MR) is 112 cm³/mol. The summed E-state index contributed by atoms with van der Waals surface area (Å²) in [6, 6.07) is 7.43. The van der Waals surface area contributed by atoms with Crippen LogP contribution in [-0.2, 0) is 21.2 Å². The van der Waals surface area contributed by atoms with Gasteiger partial charge in [-0.1, -0.05) is 65.1 Å². The van der Waals surface area contributed by atoms with Crippen molar-refractivity contribution in [3.63, 3.8) is 0 Å². The molecule has 1 aromatic carbocycles. The van der Waals surface area contributed by atoms with E-state index in [-0.39, 0.29) is 45.2 Å². The third kappa shape index (κ3) is 4.72. The molecule has 8 heteroatoms. The summed E-state index contributed by atoms with van der Waals surface area (Å²) >= 11 is 15.1. The Morgan fingerprint density at radius 1 is 1.37 bits per heavy atom. The maximum absolute atomic E-state index is 13.4. The van der Waals surface area contributed by atoms with E-state index in [2.05, 4.69) is 15.9 Å². The van der Waals surface area contributed by atoms with Crippen molar-refractivity contribution in [1.82, 2.24) is 4.90 Å². The van der Waals surface area contributed by atoms with Crippen molar-refractivity contribution < 1.29 is 13.2 Å². The number of amides is 1. The number of nitrogens with zero attached hydrogens (tertiary/aromatic N) is 1. The van der Waals surface area contributed by atoms with Gasteiger partial charge in [-0.05, 0) is 41.5 Å². The lowest BCUT2D eigenvalue weighted by Crippen LogP contribution is -2.42. The van der Waals surface area contributed by atoms with Crippen molar-refractivity contribution in [3.05, 3.63) is 44.9 Å². The van der Waals surface area contributed by atoms with E-state index in [0.29, 0.717) is 13.0 Å². The molecular formula is C19H22BrCl2NO3S. The maximum atomic E-state index is 13.4. The van der Waals surface area contributed by atoms with E-state index in [9.17, 15) is 13.2 Å². The summed E-state index contributed by atoms with van der Waals surface area (Å²) in [7, 11) is -3.10. The highest BCUT2D eigenvalue weighted by Crippen LogP contribution is 2.60. The van der Waals surface area contributed by atoms with Gasteiger partial charge in [0.25, 0.3) is 0 Å². The number of benzene rings is 1. The molecule has 1 aromatic rings. The number of rotatable bonds is 5. The highest BCUT2D eigenvalue weighted by Gasteiger charge is 2.62. The number of carbonyl (C=O) groups excluding carboxylic acids is 1. The predicted octanol–water partition coefficient (Wildman–Crippen LogP) is 4.56. The first-order chi connectivity index (χ1) is 12.5. The van der Waals surface area contributed by atoms with Gasteiger partial charge in [0.2, 0.25) is 5.91 Å². The van der Waals surface area contributed by atoms with Crippen LogP contribution >= 0.6 is 39.1 Å². The van der Waals surface area contributed by atoms with E-state index >= 15 is 0 Å². The largest absolute Gasteiger partial charge is 0.334 e. The van der Waals surface area contributed by atoms with Gasteiger partial charge in [-0.2, -0.15) is 0 Å². The second-order valence-electron chi connectivity index (χ2n) is 7.93. The second kappa shape index (κ2) is 7.69. The molecule has 2 fully saturated rings.